The second-order valence-corrected chi connectivity index (χ2v) is 3.01. The Kier molecular flexibility index (Phi) is 3.66. The van der Waals surface area contributed by atoms with Crippen molar-refractivity contribution in [3.05, 3.63) is 28.8 Å². The Morgan fingerprint density at radius 1 is 1.50 bits per heavy atom. The van der Waals surface area contributed by atoms with Gasteiger partial charge >= 0.3 is 0 Å². The number of nitrogens with one attached hydrogen (secondary N) is 1. The average molecular weight is 217 g/mol. The molecule has 0 bridgehead atoms. The van der Waals surface area contributed by atoms with Gasteiger partial charge in [-0.1, -0.05) is 11.6 Å². The fourth-order valence-electron chi connectivity index (χ4n) is 0.950. The van der Waals surface area contributed by atoms with Crippen molar-refractivity contribution in [1.29, 1.82) is 5.26 Å². The van der Waals surface area contributed by atoms with Crippen molar-refractivity contribution in [2.24, 2.45) is 0 Å². The van der Waals surface area contributed by atoms with E-state index in [1.807, 2.05) is 6.07 Å². The first-order chi connectivity index (χ1) is 6.63. The zero-order valence-corrected chi connectivity index (χ0v) is 7.85. The lowest BCUT2D eigenvalue weighted by Gasteiger charge is -2.07. The third-order valence-corrected chi connectivity index (χ3v) is 1.78. The molecule has 0 atom stereocenters. The summed E-state index contributed by atoms with van der Waals surface area (Å²) in [6, 6.07) is 6.34. The highest BCUT2D eigenvalue weighted by molar-refractivity contribution is 6.30. The maximum absolute atomic E-state index is 11.9. The van der Waals surface area contributed by atoms with E-state index in [4.69, 9.17) is 16.9 Å². The zero-order chi connectivity index (χ0) is 10.6. The van der Waals surface area contributed by atoms with Crippen LogP contribution in [0.1, 0.15) is 5.56 Å². The first-order valence-corrected chi connectivity index (χ1v) is 4.23. The number of nitrogens with zero attached hydrogens (tertiary/aromatic N) is 1. The van der Waals surface area contributed by atoms with Gasteiger partial charge < -0.3 is 5.32 Å². The summed E-state index contributed by atoms with van der Waals surface area (Å²) >= 11 is 5.63. The Hall–Kier alpha value is -1.34. The number of hydrogen-bond acceptors (Lipinski definition) is 2. The topological polar surface area (TPSA) is 35.8 Å². The highest BCUT2D eigenvalue weighted by atomic mass is 35.5. The standard InChI is InChI=1S/C9H7ClF2N2/c10-7-1-2-8(6(3-7)4-13)14-5-9(11)12/h1-3,9,14H,5H2. The van der Waals surface area contributed by atoms with Crippen LogP contribution in [0.25, 0.3) is 0 Å². The molecule has 14 heavy (non-hydrogen) atoms. The van der Waals surface area contributed by atoms with Crippen LogP contribution in [0.15, 0.2) is 18.2 Å². The molecule has 0 heterocycles. The van der Waals surface area contributed by atoms with Crippen molar-refractivity contribution < 1.29 is 8.78 Å². The molecule has 0 aliphatic rings. The predicted octanol–water partition coefficient (Wildman–Crippen LogP) is 2.89. The van der Waals surface area contributed by atoms with Crippen molar-refractivity contribution in [3.63, 3.8) is 0 Å². The van der Waals surface area contributed by atoms with Crippen molar-refractivity contribution in [1.82, 2.24) is 0 Å². The summed E-state index contributed by atoms with van der Waals surface area (Å²) in [6.07, 6.45) is -2.45. The van der Waals surface area contributed by atoms with Gasteiger partial charge in [-0.15, -0.1) is 0 Å². The van der Waals surface area contributed by atoms with Crippen LogP contribution < -0.4 is 5.32 Å². The van der Waals surface area contributed by atoms with Crippen molar-refractivity contribution in [2.75, 3.05) is 11.9 Å². The number of nitriles is 1. The number of alkyl halides is 2. The molecule has 1 aromatic rings. The van der Waals surface area contributed by atoms with E-state index in [1.54, 1.807) is 0 Å². The molecule has 0 aromatic heterocycles. The monoisotopic (exact) mass is 216 g/mol. The molecule has 0 saturated heterocycles. The molecule has 74 valence electrons. The molecule has 0 radical (unpaired) electrons. The second-order valence-electron chi connectivity index (χ2n) is 2.57. The smallest absolute Gasteiger partial charge is 0.255 e. The van der Waals surface area contributed by atoms with Gasteiger partial charge in [-0.3, -0.25) is 0 Å². The summed E-state index contributed by atoms with van der Waals surface area (Å²) in [5, 5.41) is 11.5. The Balaban J connectivity index is 2.82. The lowest BCUT2D eigenvalue weighted by atomic mass is 10.2. The molecule has 2 nitrogen and oxygen atoms in total. The van der Waals surface area contributed by atoms with Crippen LogP contribution in [0.5, 0.6) is 0 Å². The molecular formula is C9H7ClF2N2. The summed E-state index contributed by atoms with van der Waals surface area (Å²) in [4.78, 5) is 0. The van der Waals surface area contributed by atoms with Crippen LogP contribution in [0.3, 0.4) is 0 Å². The quantitative estimate of drug-likeness (QED) is 0.843. The SMILES string of the molecule is N#Cc1cc(Cl)ccc1NCC(F)F. The summed E-state index contributed by atoms with van der Waals surface area (Å²) < 4.78 is 23.7. The molecule has 0 aliphatic carbocycles. The Labute approximate surface area is 85.1 Å². The van der Waals surface area contributed by atoms with Crippen LogP contribution in [0, 0.1) is 11.3 Å². The van der Waals surface area contributed by atoms with Crippen LogP contribution in [-0.4, -0.2) is 13.0 Å². The molecule has 5 heteroatoms. The van der Waals surface area contributed by atoms with Crippen LogP contribution in [-0.2, 0) is 0 Å². The summed E-state index contributed by atoms with van der Waals surface area (Å²) in [7, 11) is 0. The predicted molar refractivity (Wildman–Crippen MR) is 50.7 cm³/mol. The number of anilines is 1. The Bertz CT molecular complexity index is 360. The zero-order valence-electron chi connectivity index (χ0n) is 7.10. The number of rotatable bonds is 3. The maximum atomic E-state index is 11.9. The molecule has 0 saturated carbocycles. The van der Waals surface area contributed by atoms with Crippen LogP contribution >= 0.6 is 11.6 Å². The van der Waals surface area contributed by atoms with E-state index in [2.05, 4.69) is 5.32 Å². The molecule has 0 unspecified atom stereocenters. The minimum Gasteiger partial charge on any atom is -0.378 e. The highest BCUT2D eigenvalue weighted by Crippen LogP contribution is 2.19. The third kappa shape index (κ3) is 2.86. The van der Waals surface area contributed by atoms with Gasteiger partial charge in [0, 0.05) is 5.02 Å². The molecule has 1 rings (SSSR count). The minimum atomic E-state index is -2.45. The summed E-state index contributed by atoms with van der Waals surface area (Å²) in [5.41, 5.74) is 0.635. The van der Waals surface area contributed by atoms with E-state index in [9.17, 15) is 8.78 Å². The molecular weight excluding hydrogens is 210 g/mol. The molecule has 0 aliphatic heterocycles. The lowest BCUT2D eigenvalue weighted by molar-refractivity contribution is 0.163. The summed E-state index contributed by atoms with van der Waals surface area (Å²) in [6.45, 7) is -0.476. The van der Waals surface area contributed by atoms with Gasteiger partial charge in [0.15, 0.2) is 0 Å². The lowest BCUT2D eigenvalue weighted by Crippen LogP contribution is -2.10. The first-order valence-electron chi connectivity index (χ1n) is 3.85. The second kappa shape index (κ2) is 4.77. The van der Waals surface area contributed by atoms with Gasteiger partial charge in [0.05, 0.1) is 17.8 Å². The Morgan fingerprint density at radius 2 is 2.21 bits per heavy atom. The van der Waals surface area contributed by atoms with E-state index >= 15 is 0 Å². The third-order valence-electron chi connectivity index (χ3n) is 1.55. The van der Waals surface area contributed by atoms with Crippen LogP contribution in [0.2, 0.25) is 5.02 Å². The van der Waals surface area contributed by atoms with Gasteiger partial charge in [0.1, 0.15) is 6.07 Å². The van der Waals surface area contributed by atoms with E-state index in [0.717, 1.165) is 0 Å². The molecule has 0 spiro atoms. The van der Waals surface area contributed by atoms with Gasteiger partial charge in [0.2, 0.25) is 0 Å². The molecule has 1 aromatic carbocycles. The van der Waals surface area contributed by atoms with Crippen molar-refractivity contribution in [2.45, 2.75) is 6.43 Å². The van der Waals surface area contributed by atoms with Crippen molar-refractivity contribution >= 4 is 17.3 Å². The van der Waals surface area contributed by atoms with E-state index in [1.165, 1.54) is 18.2 Å². The molecule has 0 amide bonds. The number of halogens is 3. The van der Waals surface area contributed by atoms with Gasteiger partial charge in [-0.05, 0) is 18.2 Å². The van der Waals surface area contributed by atoms with E-state index in [0.29, 0.717) is 10.7 Å². The van der Waals surface area contributed by atoms with Crippen LogP contribution in [0.4, 0.5) is 14.5 Å². The fraction of sp³-hybridized carbons (Fsp3) is 0.222. The molecule has 0 fully saturated rings. The van der Waals surface area contributed by atoms with E-state index in [-0.39, 0.29) is 5.56 Å². The van der Waals surface area contributed by atoms with Gasteiger partial charge in [-0.2, -0.15) is 5.26 Å². The van der Waals surface area contributed by atoms with Gasteiger partial charge in [0.25, 0.3) is 6.43 Å². The minimum absolute atomic E-state index is 0.262. The number of benzene rings is 1. The summed E-state index contributed by atoms with van der Waals surface area (Å²) in [5.74, 6) is 0. The average Bonchev–Trinajstić information content (AvgIpc) is 2.15. The maximum Gasteiger partial charge on any atom is 0.255 e. The first kappa shape index (κ1) is 10.7. The number of hydrogen-bond donors (Lipinski definition) is 1. The fourth-order valence-corrected chi connectivity index (χ4v) is 1.12. The van der Waals surface area contributed by atoms with E-state index < -0.39 is 13.0 Å². The highest BCUT2D eigenvalue weighted by Gasteiger charge is 2.05. The van der Waals surface area contributed by atoms with Crippen molar-refractivity contribution in [3.8, 4) is 6.07 Å². The molecule has 1 N–H and O–H groups in total. The van der Waals surface area contributed by atoms with Gasteiger partial charge in [-0.25, -0.2) is 8.78 Å². The largest absolute Gasteiger partial charge is 0.378 e. The Morgan fingerprint density at radius 3 is 2.79 bits per heavy atom. The normalized spacial score (nSPS) is 9.93.